The molecule has 3 aromatic carbocycles. The van der Waals surface area contributed by atoms with E-state index in [0.717, 1.165) is 0 Å². The zero-order valence-corrected chi connectivity index (χ0v) is 20.0. The highest BCUT2D eigenvalue weighted by molar-refractivity contribution is 8.93. The molecule has 0 radical (unpaired) electrons. The molecule has 0 bridgehead atoms. The van der Waals surface area contributed by atoms with E-state index in [2.05, 4.69) is 0 Å². The van der Waals surface area contributed by atoms with Crippen LogP contribution in [-0.4, -0.2) is 34.9 Å². The summed E-state index contributed by atoms with van der Waals surface area (Å²) in [4.78, 5) is 25.9. The first kappa shape index (κ1) is 24.0. The second-order valence-corrected chi connectivity index (χ2v) is 7.29. The average molecular weight is 510 g/mol. The summed E-state index contributed by atoms with van der Waals surface area (Å²) in [5.41, 5.74) is 2.51. The highest BCUT2D eigenvalue weighted by Crippen LogP contribution is 2.18. The van der Waals surface area contributed by atoms with Crippen molar-refractivity contribution in [2.45, 2.75) is 13.1 Å². The Bertz CT molecular complexity index is 1270. The number of aromatic nitrogens is 2. The second kappa shape index (κ2) is 10.3. The van der Waals surface area contributed by atoms with Crippen LogP contribution in [0.1, 0.15) is 20.7 Å². The number of ketones is 2. The fourth-order valence-electron chi connectivity index (χ4n) is 3.68. The van der Waals surface area contributed by atoms with Gasteiger partial charge in [0.25, 0.3) is 0 Å². The van der Waals surface area contributed by atoms with Crippen LogP contribution in [0.25, 0.3) is 11.0 Å². The Kier molecular flexibility index (Phi) is 7.50. The Morgan fingerprint density at radius 3 is 1.55 bits per heavy atom. The lowest BCUT2D eigenvalue weighted by molar-refractivity contribution is 0.0970. The van der Waals surface area contributed by atoms with E-state index in [9.17, 15) is 9.59 Å². The molecule has 0 atom stereocenters. The monoisotopic (exact) mass is 509 g/mol. The molecule has 1 N–H and O–H groups in total. The van der Waals surface area contributed by atoms with Gasteiger partial charge in [0.15, 0.2) is 11.6 Å². The summed E-state index contributed by atoms with van der Waals surface area (Å²) in [7, 11) is 3.10. The van der Waals surface area contributed by atoms with Crippen LogP contribution in [0, 0.1) is 5.41 Å². The van der Waals surface area contributed by atoms with Gasteiger partial charge in [0, 0.05) is 11.1 Å². The van der Waals surface area contributed by atoms with E-state index in [-0.39, 0.29) is 47.3 Å². The second-order valence-electron chi connectivity index (χ2n) is 7.29. The van der Waals surface area contributed by atoms with Crippen molar-refractivity contribution in [2.24, 2.45) is 0 Å². The number of nitrogens with one attached hydrogen (secondary N) is 1. The molecule has 0 aliphatic heterocycles. The maximum Gasteiger partial charge on any atom is 0.203 e. The van der Waals surface area contributed by atoms with E-state index in [0.29, 0.717) is 33.7 Å². The molecular weight excluding hydrogens is 486 g/mol. The molecule has 0 aliphatic rings. The Balaban J connectivity index is 0.00000306. The summed E-state index contributed by atoms with van der Waals surface area (Å²) >= 11 is 0. The molecule has 1 aromatic heterocycles. The van der Waals surface area contributed by atoms with Crippen molar-refractivity contribution in [2.75, 3.05) is 14.2 Å². The predicted molar refractivity (Wildman–Crippen MR) is 131 cm³/mol. The zero-order chi connectivity index (χ0) is 22.7. The number of Topliss-reactive ketones (excluding diaryl/α,β-unsaturated/α-hetero) is 2. The van der Waals surface area contributed by atoms with Gasteiger partial charge in [0.1, 0.15) is 11.5 Å². The summed E-state index contributed by atoms with van der Waals surface area (Å²) < 4.78 is 13.7. The van der Waals surface area contributed by atoms with Crippen molar-refractivity contribution in [3.63, 3.8) is 0 Å². The largest absolute Gasteiger partial charge is 0.497 e. The Morgan fingerprint density at radius 2 is 1.15 bits per heavy atom. The lowest BCUT2D eigenvalue weighted by atomic mass is 10.1. The summed E-state index contributed by atoms with van der Waals surface area (Å²) in [5, 5.41) is 8.72. The quantitative estimate of drug-likeness (QED) is 0.359. The number of nitrogens with zero attached hydrogens (tertiary/aromatic N) is 2. The zero-order valence-electron chi connectivity index (χ0n) is 18.3. The van der Waals surface area contributed by atoms with E-state index in [1.165, 1.54) is 0 Å². The number of carbonyl (C=O) groups is 2. The summed E-state index contributed by atoms with van der Waals surface area (Å²) in [6.45, 7) is -0.0419. The number of rotatable bonds is 8. The Morgan fingerprint density at radius 1 is 0.727 bits per heavy atom. The number of hydrogen-bond acceptors (Lipinski definition) is 5. The van der Waals surface area contributed by atoms with Gasteiger partial charge < -0.3 is 18.6 Å². The van der Waals surface area contributed by atoms with Crippen LogP contribution >= 0.6 is 17.0 Å². The number of hydrogen-bond donors (Lipinski definition) is 1. The summed E-state index contributed by atoms with van der Waals surface area (Å²) in [6, 6.07) is 21.3. The van der Waals surface area contributed by atoms with Crippen molar-refractivity contribution >= 4 is 39.6 Å². The summed E-state index contributed by atoms with van der Waals surface area (Å²) in [6.07, 6.45) is 0. The third-order valence-corrected chi connectivity index (χ3v) is 5.36. The maximum atomic E-state index is 13.0. The highest BCUT2D eigenvalue weighted by Gasteiger charge is 2.17. The van der Waals surface area contributed by atoms with Crippen LogP contribution in [0.15, 0.2) is 72.8 Å². The number of fused-ring (bicyclic) bond motifs is 1. The number of para-hydroxylation sites is 2. The fraction of sp³-hybridized carbons (Fsp3) is 0.160. The van der Waals surface area contributed by atoms with E-state index >= 15 is 0 Å². The van der Waals surface area contributed by atoms with Gasteiger partial charge in [-0.1, -0.05) is 36.4 Å². The number of carbonyl (C=O) groups excluding carboxylic acids is 2. The van der Waals surface area contributed by atoms with Gasteiger partial charge in [0.05, 0.1) is 38.3 Å². The molecule has 0 saturated heterocycles. The molecule has 170 valence electrons. The van der Waals surface area contributed by atoms with Crippen molar-refractivity contribution in [3.05, 3.63) is 89.5 Å². The highest BCUT2D eigenvalue weighted by atomic mass is 79.9. The average Bonchev–Trinajstić information content (AvgIpc) is 3.10. The maximum absolute atomic E-state index is 13.0. The normalized spacial score (nSPS) is 10.5. The molecule has 0 amide bonds. The molecule has 33 heavy (non-hydrogen) atoms. The van der Waals surface area contributed by atoms with Crippen molar-refractivity contribution < 1.29 is 19.1 Å². The van der Waals surface area contributed by atoms with Crippen molar-refractivity contribution in [1.82, 2.24) is 9.13 Å². The minimum absolute atomic E-state index is 0. The van der Waals surface area contributed by atoms with Gasteiger partial charge in [0.2, 0.25) is 5.62 Å². The first-order chi connectivity index (χ1) is 15.5. The first-order valence-electron chi connectivity index (χ1n) is 10.1. The third-order valence-electron chi connectivity index (χ3n) is 5.36. The number of methoxy groups -OCH3 is 2. The van der Waals surface area contributed by atoms with Crippen LogP contribution in [-0.2, 0) is 13.1 Å². The molecule has 7 nitrogen and oxygen atoms in total. The number of halogens is 1. The number of ether oxygens (including phenoxy) is 2. The third kappa shape index (κ3) is 4.90. The van der Waals surface area contributed by atoms with Crippen LogP contribution in [0.2, 0.25) is 0 Å². The summed E-state index contributed by atoms with van der Waals surface area (Å²) in [5.74, 6) is 0.894. The SMILES string of the molecule is Br.COc1cccc(C(=O)Cn2c(=N)n(CC(=O)c3cccc(OC)c3)c3ccccc32)c1. The van der Waals surface area contributed by atoms with Crippen LogP contribution in [0.4, 0.5) is 0 Å². The minimum atomic E-state index is -0.149. The molecule has 0 aliphatic carbocycles. The topological polar surface area (TPSA) is 86.3 Å². The first-order valence-corrected chi connectivity index (χ1v) is 10.1. The lowest BCUT2D eigenvalue weighted by Gasteiger charge is -2.07. The molecule has 0 saturated carbocycles. The molecule has 4 rings (SSSR count). The number of imidazole rings is 1. The van der Waals surface area contributed by atoms with Gasteiger partial charge in [-0.25, -0.2) is 0 Å². The fourth-order valence-corrected chi connectivity index (χ4v) is 3.68. The molecule has 8 heteroatoms. The van der Waals surface area contributed by atoms with E-state index in [4.69, 9.17) is 14.9 Å². The number of benzene rings is 3. The van der Waals surface area contributed by atoms with Crippen LogP contribution < -0.4 is 15.1 Å². The van der Waals surface area contributed by atoms with Crippen LogP contribution in [0.5, 0.6) is 11.5 Å². The van der Waals surface area contributed by atoms with E-state index < -0.39 is 0 Å². The standard InChI is InChI=1S/C25H23N3O4.BrH/c1-31-19-9-5-7-17(13-19)23(29)15-27-21-11-3-4-12-22(21)28(25(27)26)16-24(30)18-8-6-10-20(14-18)32-2;/h3-14,26H,15-16H2,1-2H3;1H. The molecule has 0 spiro atoms. The van der Waals surface area contributed by atoms with Gasteiger partial charge in [-0.05, 0) is 36.4 Å². The Labute approximate surface area is 201 Å². The molecule has 0 fully saturated rings. The molecule has 1 heterocycles. The van der Waals surface area contributed by atoms with Crippen molar-refractivity contribution in [1.29, 1.82) is 5.41 Å². The lowest BCUT2D eigenvalue weighted by Crippen LogP contribution is -2.29. The van der Waals surface area contributed by atoms with Crippen LogP contribution in [0.3, 0.4) is 0 Å². The van der Waals surface area contributed by atoms with Gasteiger partial charge in [-0.15, -0.1) is 17.0 Å². The van der Waals surface area contributed by atoms with Gasteiger partial charge >= 0.3 is 0 Å². The molecular formula is C25H24BrN3O4. The smallest absolute Gasteiger partial charge is 0.203 e. The minimum Gasteiger partial charge on any atom is -0.497 e. The van der Waals surface area contributed by atoms with E-state index in [1.54, 1.807) is 71.9 Å². The van der Waals surface area contributed by atoms with Crippen molar-refractivity contribution in [3.8, 4) is 11.5 Å². The van der Waals surface area contributed by atoms with Gasteiger partial charge in [-0.3, -0.25) is 15.0 Å². The van der Waals surface area contributed by atoms with Gasteiger partial charge in [-0.2, -0.15) is 0 Å². The predicted octanol–water partition coefficient (Wildman–Crippen LogP) is 4.28. The molecule has 4 aromatic rings. The van der Waals surface area contributed by atoms with E-state index in [1.807, 2.05) is 24.3 Å². The Hall–Kier alpha value is -3.65. The molecule has 0 unspecified atom stereocenters.